The summed E-state index contributed by atoms with van der Waals surface area (Å²) in [7, 11) is -0.476. The summed E-state index contributed by atoms with van der Waals surface area (Å²) in [5.41, 5.74) is 1.91. The minimum absolute atomic E-state index is 0.0609. The number of hydrogen-bond acceptors (Lipinski definition) is 9. The smallest absolute Gasteiger partial charge is 0.243 e. The van der Waals surface area contributed by atoms with Crippen LogP contribution in [-0.2, 0) is 40.4 Å². The first kappa shape index (κ1) is 39.5. The predicted octanol–water partition coefficient (Wildman–Crippen LogP) is 5.33. The van der Waals surface area contributed by atoms with Crippen LogP contribution in [0.4, 0.5) is 5.69 Å². The van der Waals surface area contributed by atoms with Crippen molar-refractivity contribution in [1.29, 1.82) is 0 Å². The SMILES string of the molecule is COCCCN1CC(C)(C)Oc2ccc(CO[C@@H]3CC[C@@H](CC(C)(C)C(=O)NC[C@H]4CCOC[C@@H]4OC)N(S(=O)(=O)c4ccc(C)cc4)C3)cc21. The van der Waals surface area contributed by atoms with Crippen LogP contribution < -0.4 is 15.0 Å². The van der Waals surface area contributed by atoms with Crippen molar-refractivity contribution in [2.75, 3.05) is 65.1 Å². The van der Waals surface area contributed by atoms with Gasteiger partial charge in [-0.25, -0.2) is 8.42 Å². The molecule has 0 aromatic heterocycles. The van der Waals surface area contributed by atoms with E-state index in [1.807, 2.05) is 45.0 Å². The van der Waals surface area contributed by atoms with Crippen molar-refractivity contribution in [3.05, 3.63) is 53.6 Å². The maximum atomic E-state index is 14.3. The van der Waals surface area contributed by atoms with Crippen molar-refractivity contribution >= 4 is 21.6 Å². The summed E-state index contributed by atoms with van der Waals surface area (Å²) in [5.74, 6) is 0.926. The Morgan fingerprint density at radius 1 is 1.08 bits per heavy atom. The number of benzene rings is 2. The molecule has 0 radical (unpaired) electrons. The van der Waals surface area contributed by atoms with Gasteiger partial charge in [-0.15, -0.1) is 0 Å². The molecule has 0 aliphatic carbocycles. The van der Waals surface area contributed by atoms with E-state index in [-0.39, 0.29) is 47.1 Å². The second-order valence-electron chi connectivity index (χ2n) is 15.7. The highest BCUT2D eigenvalue weighted by Crippen LogP contribution is 2.39. The van der Waals surface area contributed by atoms with Gasteiger partial charge in [0.15, 0.2) is 0 Å². The molecule has 1 N–H and O–H groups in total. The fourth-order valence-electron chi connectivity index (χ4n) is 7.51. The van der Waals surface area contributed by atoms with E-state index in [2.05, 4.69) is 30.1 Å². The van der Waals surface area contributed by atoms with E-state index in [4.69, 9.17) is 23.7 Å². The van der Waals surface area contributed by atoms with Crippen molar-refractivity contribution in [3.8, 4) is 5.75 Å². The highest BCUT2D eigenvalue weighted by molar-refractivity contribution is 7.89. The molecule has 1 amide bonds. The third kappa shape index (κ3) is 10.0. The number of amides is 1. The van der Waals surface area contributed by atoms with Crippen molar-refractivity contribution in [2.24, 2.45) is 11.3 Å². The van der Waals surface area contributed by atoms with E-state index in [9.17, 15) is 13.2 Å². The normalized spacial score (nSPS) is 24.1. The number of methoxy groups -OCH3 is 2. The minimum Gasteiger partial charge on any atom is -0.484 e. The second-order valence-corrected chi connectivity index (χ2v) is 17.6. The number of rotatable bonds is 15. The topological polar surface area (TPSA) is 116 Å². The summed E-state index contributed by atoms with van der Waals surface area (Å²) < 4.78 is 59.3. The van der Waals surface area contributed by atoms with Gasteiger partial charge in [0.05, 0.1) is 42.5 Å². The van der Waals surface area contributed by atoms with Gasteiger partial charge in [0, 0.05) is 64.4 Å². The number of aryl methyl sites for hydroxylation is 1. The second kappa shape index (κ2) is 16.9. The molecule has 0 spiro atoms. The van der Waals surface area contributed by atoms with Crippen molar-refractivity contribution in [1.82, 2.24) is 9.62 Å². The number of fused-ring (bicyclic) bond motifs is 1. The highest BCUT2D eigenvalue weighted by Gasteiger charge is 2.42. The molecule has 4 atom stereocenters. The van der Waals surface area contributed by atoms with E-state index < -0.39 is 15.4 Å². The van der Waals surface area contributed by atoms with Gasteiger partial charge in [-0.2, -0.15) is 4.31 Å². The van der Waals surface area contributed by atoms with Gasteiger partial charge in [0.2, 0.25) is 15.9 Å². The van der Waals surface area contributed by atoms with Crippen LogP contribution in [0.5, 0.6) is 5.75 Å². The zero-order valence-corrected chi connectivity index (χ0v) is 32.4. The van der Waals surface area contributed by atoms with Gasteiger partial charge in [0.1, 0.15) is 11.4 Å². The van der Waals surface area contributed by atoms with Crippen molar-refractivity contribution < 1.29 is 36.9 Å². The minimum atomic E-state index is -3.87. The van der Waals surface area contributed by atoms with E-state index in [1.165, 1.54) is 0 Å². The van der Waals surface area contributed by atoms with Gasteiger partial charge >= 0.3 is 0 Å². The van der Waals surface area contributed by atoms with Gasteiger partial charge in [-0.05, 0) is 82.7 Å². The number of anilines is 1. The van der Waals surface area contributed by atoms with E-state index in [0.717, 1.165) is 48.5 Å². The quantitative estimate of drug-likeness (QED) is 0.243. The summed E-state index contributed by atoms with van der Waals surface area (Å²) in [6.07, 6.45) is 3.01. The number of nitrogens with one attached hydrogen (secondary N) is 1. The number of piperidine rings is 1. The zero-order chi connectivity index (χ0) is 36.8. The van der Waals surface area contributed by atoms with Crippen LogP contribution in [0.3, 0.4) is 0 Å². The largest absolute Gasteiger partial charge is 0.484 e. The molecular formula is C39H59N3O8S. The molecule has 3 aliphatic heterocycles. The van der Waals surface area contributed by atoms with E-state index >= 15 is 0 Å². The standard InChI is InChI=1S/C39H59N3O8S/c1-28-9-14-33(15-10-28)51(44,45)42-24-32(13-12-31(42)22-38(2,3)37(43)40-23-30-17-20-48-26-36(30)47-7)49-25-29-11-16-35-34(21-29)41(18-8-19-46-6)27-39(4,5)50-35/h9-11,14-16,21,30-32,36H,8,12-13,17-20,22-27H2,1-7H3,(H,40,43)/t30-,31+,32-,36+/m1/s1. The van der Waals surface area contributed by atoms with Crippen LogP contribution in [0, 0.1) is 18.3 Å². The average Bonchev–Trinajstić information content (AvgIpc) is 3.10. The van der Waals surface area contributed by atoms with Gasteiger partial charge in [-0.1, -0.05) is 37.6 Å². The molecule has 11 nitrogen and oxygen atoms in total. The van der Waals surface area contributed by atoms with Crippen LogP contribution in [0.15, 0.2) is 47.4 Å². The fourth-order valence-corrected chi connectivity index (χ4v) is 9.20. The number of ether oxygens (including phenoxy) is 5. The summed E-state index contributed by atoms with van der Waals surface area (Å²) in [6.45, 7) is 14.5. The molecule has 0 unspecified atom stereocenters. The Hall–Kier alpha value is -2.74. The molecule has 5 rings (SSSR count). The molecule has 284 valence electrons. The molecule has 12 heteroatoms. The molecule has 2 saturated heterocycles. The average molecular weight is 730 g/mol. The first-order valence-corrected chi connectivity index (χ1v) is 19.8. The lowest BCUT2D eigenvalue weighted by atomic mass is 9.82. The molecule has 2 aromatic rings. The molecular weight excluding hydrogens is 671 g/mol. The molecule has 51 heavy (non-hydrogen) atoms. The zero-order valence-electron chi connectivity index (χ0n) is 31.6. The maximum absolute atomic E-state index is 14.3. The number of sulfonamides is 1. The Bertz CT molecular complexity index is 1560. The van der Waals surface area contributed by atoms with E-state index in [0.29, 0.717) is 52.2 Å². The summed E-state index contributed by atoms with van der Waals surface area (Å²) in [4.78, 5) is 16.2. The number of carbonyl (C=O) groups is 1. The lowest BCUT2D eigenvalue weighted by Crippen LogP contribution is -2.52. The number of carbonyl (C=O) groups excluding carboxylic acids is 1. The van der Waals surface area contributed by atoms with Crippen molar-refractivity contribution in [3.63, 3.8) is 0 Å². The molecule has 3 heterocycles. The fraction of sp³-hybridized carbons (Fsp3) is 0.667. The Morgan fingerprint density at radius 2 is 1.84 bits per heavy atom. The lowest BCUT2D eigenvalue weighted by Gasteiger charge is -2.42. The summed E-state index contributed by atoms with van der Waals surface area (Å²) >= 11 is 0. The molecule has 2 aromatic carbocycles. The number of nitrogens with zero attached hydrogens (tertiary/aromatic N) is 2. The first-order chi connectivity index (χ1) is 24.2. The van der Waals surface area contributed by atoms with Crippen molar-refractivity contribution in [2.45, 2.75) is 102 Å². The predicted molar refractivity (Wildman–Crippen MR) is 198 cm³/mol. The van der Waals surface area contributed by atoms with Crippen LogP contribution in [0.2, 0.25) is 0 Å². The molecule has 3 aliphatic rings. The Balaban J connectivity index is 1.29. The molecule has 0 saturated carbocycles. The van der Waals surface area contributed by atoms with Crippen LogP contribution in [-0.4, -0.2) is 103 Å². The Labute approximate surface area is 305 Å². The Kier molecular flexibility index (Phi) is 13.1. The lowest BCUT2D eigenvalue weighted by molar-refractivity contribution is -0.131. The van der Waals surface area contributed by atoms with Crippen LogP contribution in [0.1, 0.15) is 70.9 Å². The highest BCUT2D eigenvalue weighted by atomic mass is 32.2. The third-order valence-electron chi connectivity index (χ3n) is 10.5. The van der Waals surface area contributed by atoms with Gasteiger partial charge in [-0.3, -0.25) is 4.79 Å². The van der Waals surface area contributed by atoms with Crippen LogP contribution in [0.25, 0.3) is 0 Å². The van der Waals surface area contributed by atoms with E-state index in [1.54, 1.807) is 30.7 Å². The maximum Gasteiger partial charge on any atom is 0.243 e. The van der Waals surface area contributed by atoms with Gasteiger partial charge < -0.3 is 33.9 Å². The molecule has 2 fully saturated rings. The van der Waals surface area contributed by atoms with Gasteiger partial charge in [0.25, 0.3) is 0 Å². The number of hydrogen-bond donors (Lipinski definition) is 1. The third-order valence-corrected chi connectivity index (χ3v) is 12.4. The molecule has 0 bridgehead atoms. The Morgan fingerprint density at radius 3 is 2.57 bits per heavy atom. The van der Waals surface area contributed by atoms with Crippen LogP contribution >= 0.6 is 0 Å². The summed E-state index contributed by atoms with van der Waals surface area (Å²) in [6, 6.07) is 12.8. The first-order valence-electron chi connectivity index (χ1n) is 18.4. The monoisotopic (exact) mass is 729 g/mol. The summed E-state index contributed by atoms with van der Waals surface area (Å²) in [5, 5.41) is 3.14.